The predicted octanol–water partition coefficient (Wildman–Crippen LogP) is 1.65. The summed E-state index contributed by atoms with van der Waals surface area (Å²) in [6, 6.07) is 9.95. The molecule has 0 radical (unpaired) electrons. The number of nitrogens with two attached hydrogens (primary N) is 1. The summed E-state index contributed by atoms with van der Waals surface area (Å²) in [6.07, 6.45) is 1.44. The van der Waals surface area contributed by atoms with Gasteiger partial charge in [0.15, 0.2) is 0 Å². The van der Waals surface area contributed by atoms with Crippen molar-refractivity contribution in [2.45, 2.75) is 25.7 Å². The van der Waals surface area contributed by atoms with Crippen molar-refractivity contribution in [1.82, 2.24) is 5.32 Å². The van der Waals surface area contributed by atoms with Crippen molar-refractivity contribution in [2.24, 2.45) is 5.73 Å². The van der Waals surface area contributed by atoms with Crippen LogP contribution >= 0.6 is 0 Å². The van der Waals surface area contributed by atoms with Gasteiger partial charge in [0, 0.05) is 18.9 Å². The second-order valence-electron chi connectivity index (χ2n) is 3.90. The highest BCUT2D eigenvalue weighted by molar-refractivity contribution is 5.76. The minimum Gasteiger partial charge on any atom is -0.356 e. The van der Waals surface area contributed by atoms with E-state index in [0.717, 1.165) is 18.5 Å². The molecule has 0 aliphatic heterocycles. The molecule has 16 heavy (non-hydrogen) atoms. The minimum atomic E-state index is 0.0844. The lowest BCUT2D eigenvalue weighted by Gasteiger charge is -2.14. The van der Waals surface area contributed by atoms with Gasteiger partial charge in [-0.1, -0.05) is 37.3 Å². The second-order valence-corrected chi connectivity index (χ2v) is 3.90. The molecule has 3 nitrogen and oxygen atoms in total. The fourth-order valence-electron chi connectivity index (χ4n) is 1.62. The van der Waals surface area contributed by atoms with Crippen LogP contribution in [0.15, 0.2) is 30.3 Å². The molecule has 1 aromatic carbocycles. The van der Waals surface area contributed by atoms with Crippen molar-refractivity contribution in [3.05, 3.63) is 35.9 Å². The number of nitrogens with one attached hydrogen (secondary N) is 1. The Kier molecular flexibility index (Phi) is 5.57. The van der Waals surface area contributed by atoms with Crippen molar-refractivity contribution >= 4 is 5.91 Å². The summed E-state index contributed by atoms with van der Waals surface area (Å²) >= 11 is 0. The third-order valence-electron chi connectivity index (χ3n) is 2.56. The molecule has 0 aromatic heterocycles. The van der Waals surface area contributed by atoms with E-state index in [-0.39, 0.29) is 11.8 Å². The molecule has 0 fully saturated rings. The average Bonchev–Trinajstić information content (AvgIpc) is 2.34. The van der Waals surface area contributed by atoms with Crippen LogP contribution in [0.4, 0.5) is 0 Å². The smallest absolute Gasteiger partial charge is 0.220 e. The Morgan fingerprint density at radius 2 is 2.06 bits per heavy atom. The van der Waals surface area contributed by atoms with E-state index >= 15 is 0 Å². The van der Waals surface area contributed by atoms with Crippen LogP contribution in [0.25, 0.3) is 0 Å². The van der Waals surface area contributed by atoms with Crippen LogP contribution in [0.3, 0.4) is 0 Å². The Hall–Kier alpha value is -1.35. The maximum absolute atomic E-state index is 11.6. The third kappa shape index (κ3) is 4.03. The fraction of sp³-hybridized carbons (Fsp3) is 0.462. The van der Waals surface area contributed by atoms with E-state index in [9.17, 15) is 4.79 Å². The van der Waals surface area contributed by atoms with Gasteiger partial charge in [-0.3, -0.25) is 4.79 Å². The Morgan fingerprint density at radius 1 is 1.38 bits per heavy atom. The van der Waals surface area contributed by atoms with E-state index in [1.165, 1.54) is 0 Å². The molecule has 0 bridgehead atoms. The van der Waals surface area contributed by atoms with Gasteiger partial charge in [-0.05, 0) is 18.5 Å². The van der Waals surface area contributed by atoms with Crippen molar-refractivity contribution in [3.63, 3.8) is 0 Å². The highest BCUT2D eigenvalue weighted by Gasteiger charge is 2.13. The molecular weight excluding hydrogens is 200 g/mol. The monoisotopic (exact) mass is 220 g/mol. The largest absolute Gasteiger partial charge is 0.356 e. The summed E-state index contributed by atoms with van der Waals surface area (Å²) in [7, 11) is 0. The number of hydrogen-bond donors (Lipinski definition) is 2. The van der Waals surface area contributed by atoms with E-state index in [1.807, 2.05) is 37.3 Å². The summed E-state index contributed by atoms with van der Waals surface area (Å²) < 4.78 is 0. The van der Waals surface area contributed by atoms with E-state index in [2.05, 4.69) is 5.32 Å². The number of amides is 1. The van der Waals surface area contributed by atoms with Gasteiger partial charge < -0.3 is 11.1 Å². The Morgan fingerprint density at radius 3 is 2.62 bits per heavy atom. The summed E-state index contributed by atoms with van der Waals surface area (Å²) in [5.74, 6) is 0.208. The molecule has 88 valence electrons. The van der Waals surface area contributed by atoms with Crippen LogP contribution in [-0.2, 0) is 4.79 Å². The SMILES string of the molecule is CCCNC(=O)CC(CN)c1ccccc1. The maximum atomic E-state index is 11.6. The van der Waals surface area contributed by atoms with Gasteiger partial charge in [0.2, 0.25) is 5.91 Å². The van der Waals surface area contributed by atoms with Crippen molar-refractivity contribution in [3.8, 4) is 0 Å². The highest BCUT2D eigenvalue weighted by atomic mass is 16.1. The van der Waals surface area contributed by atoms with Gasteiger partial charge >= 0.3 is 0 Å². The third-order valence-corrected chi connectivity index (χ3v) is 2.56. The zero-order valence-corrected chi connectivity index (χ0v) is 9.78. The van der Waals surface area contributed by atoms with Gasteiger partial charge in [0.1, 0.15) is 0 Å². The second kappa shape index (κ2) is 7.01. The molecule has 1 amide bonds. The van der Waals surface area contributed by atoms with Gasteiger partial charge in [-0.25, -0.2) is 0 Å². The highest BCUT2D eigenvalue weighted by Crippen LogP contribution is 2.17. The van der Waals surface area contributed by atoms with Crippen LogP contribution in [0.1, 0.15) is 31.2 Å². The lowest BCUT2D eigenvalue weighted by molar-refractivity contribution is -0.121. The summed E-state index contributed by atoms with van der Waals surface area (Å²) in [5, 5.41) is 2.87. The average molecular weight is 220 g/mol. The normalized spacial score (nSPS) is 12.1. The van der Waals surface area contributed by atoms with Crippen molar-refractivity contribution in [1.29, 1.82) is 0 Å². The number of hydrogen-bond acceptors (Lipinski definition) is 2. The molecule has 0 saturated heterocycles. The Balaban J connectivity index is 2.52. The molecule has 0 aliphatic rings. The molecule has 1 atom stereocenters. The van der Waals surface area contributed by atoms with E-state index in [1.54, 1.807) is 0 Å². The summed E-state index contributed by atoms with van der Waals surface area (Å²) in [6.45, 7) is 3.28. The summed E-state index contributed by atoms with van der Waals surface area (Å²) in [5.41, 5.74) is 6.84. The van der Waals surface area contributed by atoms with Crippen LogP contribution in [-0.4, -0.2) is 19.0 Å². The van der Waals surface area contributed by atoms with Gasteiger partial charge in [-0.2, -0.15) is 0 Å². The molecule has 0 spiro atoms. The molecule has 3 N–H and O–H groups in total. The number of carbonyl (C=O) groups is 1. The zero-order chi connectivity index (χ0) is 11.8. The first-order valence-electron chi connectivity index (χ1n) is 5.79. The number of carbonyl (C=O) groups excluding carboxylic acids is 1. The molecule has 3 heteroatoms. The summed E-state index contributed by atoms with van der Waals surface area (Å²) in [4.78, 5) is 11.6. The Bertz CT molecular complexity index is 311. The first-order valence-corrected chi connectivity index (χ1v) is 5.79. The zero-order valence-electron chi connectivity index (χ0n) is 9.78. The van der Waals surface area contributed by atoms with Crippen LogP contribution in [0, 0.1) is 0 Å². The molecule has 0 heterocycles. The van der Waals surface area contributed by atoms with Crippen LogP contribution in [0.2, 0.25) is 0 Å². The first-order chi connectivity index (χ1) is 7.77. The first kappa shape index (κ1) is 12.7. The Labute approximate surface area is 97.0 Å². The quantitative estimate of drug-likeness (QED) is 0.766. The van der Waals surface area contributed by atoms with E-state index < -0.39 is 0 Å². The number of rotatable bonds is 6. The molecule has 1 rings (SSSR count). The lowest BCUT2D eigenvalue weighted by atomic mass is 9.95. The minimum absolute atomic E-state index is 0.0844. The fourth-order valence-corrected chi connectivity index (χ4v) is 1.62. The molecule has 1 aromatic rings. The van der Waals surface area contributed by atoms with Gasteiger partial charge in [0.05, 0.1) is 0 Å². The van der Waals surface area contributed by atoms with E-state index in [4.69, 9.17) is 5.73 Å². The predicted molar refractivity (Wildman–Crippen MR) is 66.2 cm³/mol. The van der Waals surface area contributed by atoms with Gasteiger partial charge in [-0.15, -0.1) is 0 Å². The molecule has 1 unspecified atom stereocenters. The number of benzene rings is 1. The van der Waals surface area contributed by atoms with E-state index in [0.29, 0.717) is 13.0 Å². The standard InChI is InChI=1S/C13H20N2O/c1-2-8-15-13(16)9-12(10-14)11-6-4-3-5-7-11/h3-7,12H,2,8-10,14H2,1H3,(H,15,16). The molecular formula is C13H20N2O. The molecule has 0 aliphatic carbocycles. The topological polar surface area (TPSA) is 55.1 Å². The van der Waals surface area contributed by atoms with Gasteiger partial charge in [0.25, 0.3) is 0 Å². The maximum Gasteiger partial charge on any atom is 0.220 e. The van der Waals surface area contributed by atoms with Crippen molar-refractivity contribution < 1.29 is 4.79 Å². The van der Waals surface area contributed by atoms with Crippen LogP contribution < -0.4 is 11.1 Å². The molecule has 0 saturated carbocycles. The lowest BCUT2D eigenvalue weighted by Crippen LogP contribution is -2.27. The van der Waals surface area contributed by atoms with Crippen molar-refractivity contribution in [2.75, 3.05) is 13.1 Å². The van der Waals surface area contributed by atoms with Crippen LogP contribution in [0.5, 0.6) is 0 Å².